The Kier molecular flexibility index (Phi) is 5.61. The molecule has 1 aromatic carbocycles. The second-order valence-electron chi connectivity index (χ2n) is 5.19. The lowest BCUT2D eigenvalue weighted by molar-refractivity contribution is 0.405. The first kappa shape index (κ1) is 17.0. The van der Waals surface area contributed by atoms with E-state index in [2.05, 4.69) is 4.72 Å². The van der Waals surface area contributed by atoms with Crippen molar-refractivity contribution in [2.45, 2.75) is 26.8 Å². The summed E-state index contributed by atoms with van der Waals surface area (Å²) >= 11 is 0. The van der Waals surface area contributed by atoms with Crippen LogP contribution in [0.2, 0.25) is 0 Å². The van der Waals surface area contributed by atoms with Crippen molar-refractivity contribution in [1.29, 1.82) is 0 Å². The molecule has 0 radical (unpaired) electrons. The van der Waals surface area contributed by atoms with Crippen LogP contribution < -0.4 is 4.72 Å². The molecule has 0 aromatic heterocycles. The van der Waals surface area contributed by atoms with Gasteiger partial charge in [-0.25, -0.2) is 8.78 Å². The highest BCUT2D eigenvalue weighted by Crippen LogP contribution is 2.17. The lowest BCUT2D eigenvalue weighted by atomic mass is 10.1. The van der Waals surface area contributed by atoms with Gasteiger partial charge in [-0.15, -0.1) is 0 Å². The second kappa shape index (κ2) is 6.60. The van der Waals surface area contributed by atoms with Gasteiger partial charge >= 0.3 is 0 Å². The van der Waals surface area contributed by atoms with Gasteiger partial charge in [-0.3, -0.25) is 0 Å². The van der Waals surface area contributed by atoms with Crippen molar-refractivity contribution in [2.75, 3.05) is 13.6 Å². The van der Waals surface area contributed by atoms with Crippen molar-refractivity contribution >= 4 is 10.2 Å². The first-order valence-electron chi connectivity index (χ1n) is 6.32. The minimum Gasteiger partial charge on any atom is -0.204 e. The maximum Gasteiger partial charge on any atom is 0.279 e. The van der Waals surface area contributed by atoms with Crippen molar-refractivity contribution in [1.82, 2.24) is 9.03 Å². The smallest absolute Gasteiger partial charge is 0.204 e. The average molecular weight is 306 g/mol. The van der Waals surface area contributed by atoms with Crippen molar-refractivity contribution in [3.63, 3.8) is 0 Å². The number of nitrogens with zero attached hydrogens (tertiary/aromatic N) is 1. The molecule has 0 bridgehead atoms. The Morgan fingerprint density at radius 1 is 1.20 bits per heavy atom. The van der Waals surface area contributed by atoms with Crippen molar-refractivity contribution in [2.24, 2.45) is 5.92 Å². The molecule has 0 spiro atoms. The highest BCUT2D eigenvalue weighted by molar-refractivity contribution is 7.87. The number of nitrogens with one attached hydrogen (secondary N) is 1. The largest absolute Gasteiger partial charge is 0.279 e. The molecule has 0 unspecified atom stereocenters. The Morgan fingerprint density at radius 2 is 1.80 bits per heavy atom. The summed E-state index contributed by atoms with van der Waals surface area (Å²) in [5, 5.41) is 0. The zero-order valence-electron chi connectivity index (χ0n) is 12.0. The Labute approximate surface area is 119 Å². The molecule has 1 rings (SSSR count). The molecule has 4 nitrogen and oxygen atoms in total. The van der Waals surface area contributed by atoms with Gasteiger partial charge in [0, 0.05) is 19.6 Å². The second-order valence-corrected chi connectivity index (χ2v) is 7.00. The minimum absolute atomic E-state index is 0.190. The van der Waals surface area contributed by atoms with Crippen LogP contribution in [0, 0.1) is 17.6 Å². The Hall–Kier alpha value is -1.05. The summed E-state index contributed by atoms with van der Waals surface area (Å²) in [6, 6.07) is 2.68. The fourth-order valence-electron chi connectivity index (χ4n) is 1.78. The van der Waals surface area contributed by atoms with Gasteiger partial charge in [0.1, 0.15) is 0 Å². The minimum atomic E-state index is -3.66. The van der Waals surface area contributed by atoms with Gasteiger partial charge in [0.15, 0.2) is 11.6 Å². The van der Waals surface area contributed by atoms with E-state index in [0.717, 1.165) is 12.1 Å². The fourth-order valence-corrected chi connectivity index (χ4v) is 3.03. The van der Waals surface area contributed by atoms with E-state index in [1.54, 1.807) is 6.92 Å². The molecule has 20 heavy (non-hydrogen) atoms. The van der Waals surface area contributed by atoms with Gasteiger partial charge in [0.05, 0.1) is 0 Å². The summed E-state index contributed by atoms with van der Waals surface area (Å²) in [4.78, 5) is 0. The Morgan fingerprint density at radius 3 is 2.30 bits per heavy atom. The number of rotatable bonds is 6. The first-order chi connectivity index (χ1) is 9.13. The normalized spacial score (nSPS) is 14.0. The lowest BCUT2D eigenvalue weighted by Crippen LogP contribution is -2.41. The van der Waals surface area contributed by atoms with Gasteiger partial charge in [0.25, 0.3) is 10.2 Å². The van der Waals surface area contributed by atoms with Gasteiger partial charge in [0.2, 0.25) is 0 Å². The van der Waals surface area contributed by atoms with Crippen LogP contribution in [0.25, 0.3) is 0 Å². The summed E-state index contributed by atoms with van der Waals surface area (Å²) in [7, 11) is -2.19. The SMILES string of the molecule is CC(C)CN(C)S(=O)(=O)N[C@H](C)c1ccc(F)c(F)c1. The number of hydrogen-bond donors (Lipinski definition) is 1. The van der Waals surface area contributed by atoms with Crippen LogP contribution in [0.15, 0.2) is 18.2 Å². The molecular weight excluding hydrogens is 286 g/mol. The van der Waals surface area contributed by atoms with Crippen molar-refractivity contribution in [3.8, 4) is 0 Å². The molecular formula is C13H20F2N2O2S. The van der Waals surface area contributed by atoms with Crippen LogP contribution in [0.3, 0.4) is 0 Å². The Bertz CT molecular complexity index is 561. The van der Waals surface area contributed by atoms with E-state index < -0.39 is 27.9 Å². The highest BCUT2D eigenvalue weighted by atomic mass is 32.2. The molecule has 0 aliphatic carbocycles. The van der Waals surface area contributed by atoms with Gasteiger partial charge in [-0.2, -0.15) is 17.4 Å². The zero-order chi connectivity index (χ0) is 15.5. The molecule has 1 atom stereocenters. The summed E-state index contributed by atoms with van der Waals surface area (Å²) in [5.41, 5.74) is 0.366. The van der Waals surface area contributed by atoms with Gasteiger partial charge in [-0.05, 0) is 30.5 Å². The predicted molar refractivity (Wildman–Crippen MR) is 74.3 cm³/mol. The molecule has 0 amide bonds. The molecule has 0 saturated heterocycles. The summed E-state index contributed by atoms with van der Waals surface area (Å²) in [5.74, 6) is -1.76. The van der Waals surface area contributed by atoms with Crippen molar-refractivity contribution < 1.29 is 17.2 Å². The van der Waals surface area contributed by atoms with Crippen molar-refractivity contribution in [3.05, 3.63) is 35.4 Å². The molecule has 0 fully saturated rings. The fraction of sp³-hybridized carbons (Fsp3) is 0.538. The molecule has 0 heterocycles. The van der Waals surface area contributed by atoms with E-state index in [-0.39, 0.29) is 5.92 Å². The standard InChI is InChI=1S/C13H20F2N2O2S/c1-9(2)8-17(4)20(18,19)16-10(3)11-5-6-12(14)13(15)7-11/h5-7,9-10,16H,8H2,1-4H3/t10-/m1/s1. The molecule has 7 heteroatoms. The molecule has 1 aromatic rings. The van der Waals surface area contributed by atoms with Crippen LogP contribution in [0.1, 0.15) is 32.4 Å². The number of halogens is 2. The maximum atomic E-state index is 13.1. The third-order valence-electron chi connectivity index (χ3n) is 2.80. The van der Waals surface area contributed by atoms with Crippen LogP contribution in [0.5, 0.6) is 0 Å². The molecule has 1 N–H and O–H groups in total. The molecule has 0 aliphatic rings. The predicted octanol–water partition coefficient (Wildman–Crippen LogP) is 2.45. The van der Waals surface area contributed by atoms with E-state index in [9.17, 15) is 17.2 Å². The monoisotopic (exact) mass is 306 g/mol. The molecule has 114 valence electrons. The third-order valence-corrected chi connectivity index (χ3v) is 4.42. The molecule has 0 aliphatic heterocycles. The summed E-state index contributed by atoms with van der Waals surface area (Å²) in [6.45, 7) is 5.77. The Balaban J connectivity index is 2.83. The van der Waals surface area contributed by atoms with E-state index in [1.165, 1.54) is 17.4 Å². The van der Waals surface area contributed by atoms with Gasteiger partial charge < -0.3 is 0 Å². The number of benzene rings is 1. The van der Waals surface area contributed by atoms with E-state index in [0.29, 0.717) is 12.1 Å². The van der Waals surface area contributed by atoms with Crippen LogP contribution >= 0.6 is 0 Å². The maximum absolute atomic E-state index is 13.1. The number of hydrogen-bond acceptors (Lipinski definition) is 2. The highest BCUT2D eigenvalue weighted by Gasteiger charge is 2.22. The summed E-state index contributed by atoms with van der Waals surface area (Å²) in [6.07, 6.45) is 0. The molecule has 0 saturated carbocycles. The van der Waals surface area contributed by atoms with Crippen LogP contribution in [0.4, 0.5) is 8.78 Å². The third kappa shape index (κ3) is 4.50. The zero-order valence-corrected chi connectivity index (χ0v) is 12.8. The van der Waals surface area contributed by atoms with Crippen LogP contribution in [-0.2, 0) is 10.2 Å². The van der Waals surface area contributed by atoms with E-state index in [1.807, 2.05) is 13.8 Å². The van der Waals surface area contributed by atoms with Crippen LogP contribution in [-0.4, -0.2) is 26.3 Å². The lowest BCUT2D eigenvalue weighted by Gasteiger charge is -2.22. The topological polar surface area (TPSA) is 49.4 Å². The van der Waals surface area contributed by atoms with Gasteiger partial charge in [-0.1, -0.05) is 19.9 Å². The van der Waals surface area contributed by atoms with E-state index in [4.69, 9.17) is 0 Å². The summed E-state index contributed by atoms with van der Waals surface area (Å²) < 4.78 is 53.7. The first-order valence-corrected chi connectivity index (χ1v) is 7.76. The average Bonchev–Trinajstić information content (AvgIpc) is 2.31. The van der Waals surface area contributed by atoms with E-state index >= 15 is 0 Å². The quantitative estimate of drug-likeness (QED) is 0.877.